The fraction of sp³-hybridized carbons (Fsp3) is 0.368. The van der Waals surface area contributed by atoms with Crippen molar-refractivity contribution in [2.24, 2.45) is 5.92 Å². The number of aryl methyl sites for hydroxylation is 1. The SMILES string of the molecule is Cc1nc2cnc(Br)cc2n1C(c1ccccc1)C1CCOCC1. The zero-order chi connectivity index (χ0) is 16.5. The molecule has 0 N–H and O–H groups in total. The Morgan fingerprint density at radius 3 is 2.71 bits per heavy atom. The lowest BCUT2D eigenvalue weighted by molar-refractivity contribution is 0.0545. The van der Waals surface area contributed by atoms with Crippen molar-refractivity contribution in [1.82, 2.24) is 14.5 Å². The van der Waals surface area contributed by atoms with Crippen LogP contribution in [0.25, 0.3) is 11.0 Å². The highest BCUT2D eigenvalue weighted by Gasteiger charge is 2.29. The Morgan fingerprint density at radius 2 is 1.96 bits per heavy atom. The van der Waals surface area contributed by atoms with Gasteiger partial charge in [0.2, 0.25) is 0 Å². The van der Waals surface area contributed by atoms with E-state index in [0.29, 0.717) is 5.92 Å². The maximum Gasteiger partial charge on any atom is 0.108 e. The number of benzene rings is 1. The summed E-state index contributed by atoms with van der Waals surface area (Å²) in [7, 11) is 0. The molecule has 1 aromatic carbocycles. The monoisotopic (exact) mass is 385 g/mol. The summed E-state index contributed by atoms with van der Waals surface area (Å²) in [5.74, 6) is 1.58. The van der Waals surface area contributed by atoms with Crippen LogP contribution in [0.3, 0.4) is 0 Å². The molecule has 2 aromatic heterocycles. The minimum atomic E-state index is 0.273. The molecular formula is C19H20BrN3O. The summed E-state index contributed by atoms with van der Waals surface area (Å²) >= 11 is 3.51. The third kappa shape index (κ3) is 2.87. The minimum absolute atomic E-state index is 0.273. The van der Waals surface area contributed by atoms with Gasteiger partial charge in [-0.3, -0.25) is 0 Å². The van der Waals surface area contributed by atoms with Gasteiger partial charge in [0.1, 0.15) is 15.9 Å². The Morgan fingerprint density at radius 1 is 1.21 bits per heavy atom. The molecule has 0 bridgehead atoms. The Kier molecular flexibility index (Phi) is 4.37. The van der Waals surface area contributed by atoms with Crippen LogP contribution in [0.15, 0.2) is 47.2 Å². The number of hydrogen-bond donors (Lipinski definition) is 0. The third-order valence-corrected chi connectivity index (χ3v) is 5.28. The number of nitrogens with zero attached hydrogens (tertiary/aromatic N) is 3. The molecule has 1 aliphatic rings. The smallest absolute Gasteiger partial charge is 0.108 e. The van der Waals surface area contributed by atoms with Gasteiger partial charge in [-0.05, 0) is 53.2 Å². The molecule has 1 aliphatic heterocycles. The van der Waals surface area contributed by atoms with Crippen LogP contribution in [0.5, 0.6) is 0 Å². The van der Waals surface area contributed by atoms with Gasteiger partial charge in [0.05, 0.1) is 17.8 Å². The Labute approximate surface area is 150 Å². The summed E-state index contributed by atoms with van der Waals surface area (Å²) < 4.78 is 8.82. The first-order valence-corrected chi connectivity index (χ1v) is 9.16. The fourth-order valence-electron chi connectivity index (χ4n) is 3.76. The highest BCUT2D eigenvalue weighted by Crippen LogP contribution is 2.37. The number of imidazole rings is 1. The molecule has 5 heteroatoms. The first-order chi connectivity index (χ1) is 11.7. The molecule has 1 fully saturated rings. The molecule has 124 valence electrons. The van der Waals surface area contributed by atoms with Gasteiger partial charge < -0.3 is 9.30 Å². The normalized spacial score (nSPS) is 17.2. The molecule has 1 saturated heterocycles. The highest BCUT2D eigenvalue weighted by molar-refractivity contribution is 9.10. The Balaban J connectivity index is 1.90. The van der Waals surface area contributed by atoms with Gasteiger partial charge in [0.25, 0.3) is 0 Å². The third-order valence-electron chi connectivity index (χ3n) is 4.85. The van der Waals surface area contributed by atoms with Gasteiger partial charge in [0.15, 0.2) is 0 Å². The number of hydrogen-bond acceptors (Lipinski definition) is 3. The molecule has 1 atom stereocenters. The maximum absolute atomic E-state index is 5.60. The Bertz CT molecular complexity index is 840. The molecule has 3 aromatic rings. The zero-order valence-electron chi connectivity index (χ0n) is 13.7. The summed E-state index contributed by atoms with van der Waals surface area (Å²) in [5.41, 5.74) is 3.41. The van der Waals surface area contributed by atoms with Crippen molar-refractivity contribution in [1.29, 1.82) is 0 Å². The van der Waals surface area contributed by atoms with Crippen LogP contribution in [-0.2, 0) is 4.74 Å². The zero-order valence-corrected chi connectivity index (χ0v) is 15.2. The molecule has 4 nitrogen and oxygen atoms in total. The van der Waals surface area contributed by atoms with E-state index in [9.17, 15) is 0 Å². The molecule has 24 heavy (non-hydrogen) atoms. The summed E-state index contributed by atoms with van der Waals surface area (Å²) in [5, 5.41) is 0. The molecule has 4 rings (SSSR count). The first kappa shape index (κ1) is 15.8. The second-order valence-corrected chi connectivity index (χ2v) is 7.14. The number of ether oxygens (including phenoxy) is 1. The fourth-order valence-corrected chi connectivity index (χ4v) is 4.08. The average molecular weight is 386 g/mol. The lowest BCUT2D eigenvalue weighted by atomic mass is 9.86. The van der Waals surface area contributed by atoms with E-state index in [1.807, 2.05) is 6.20 Å². The largest absolute Gasteiger partial charge is 0.381 e. The topological polar surface area (TPSA) is 39.9 Å². The van der Waals surface area contributed by atoms with Crippen LogP contribution in [-0.4, -0.2) is 27.7 Å². The number of pyridine rings is 1. The second-order valence-electron chi connectivity index (χ2n) is 6.33. The predicted molar refractivity (Wildman–Crippen MR) is 98.1 cm³/mol. The van der Waals surface area contributed by atoms with Crippen molar-refractivity contribution in [3.05, 3.63) is 58.6 Å². The van der Waals surface area contributed by atoms with Crippen molar-refractivity contribution in [3.8, 4) is 0 Å². The van der Waals surface area contributed by atoms with E-state index in [0.717, 1.165) is 47.5 Å². The Hall–Kier alpha value is -1.72. The van der Waals surface area contributed by atoms with Crippen LogP contribution in [0, 0.1) is 12.8 Å². The molecule has 0 radical (unpaired) electrons. The van der Waals surface area contributed by atoms with E-state index in [2.05, 4.69) is 68.8 Å². The molecule has 1 unspecified atom stereocenters. The van der Waals surface area contributed by atoms with E-state index in [1.165, 1.54) is 5.56 Å². The highest BCUT2D eigenvalue weighted by atomic mass is 79.9. The van der Waals surface area contributed by atoms with Crippen LogP contribution >= 0.6 is 15.9 Å². The van der Waals surface area contributed by atoms with Gasteiger partial charge >= 0.3 is 0 Å². The van der Waals surface area contributed by atoms with Crippen LogP contribution in [0.1, 0.15) is 30.3 Å². The first-order valence-electron chi connectivity index (χ1n) is 8.37. The maximum atomic E-state index is 5.60. The minimum Gasteiger partial charge on any atom is -0.381 e. The standard InChI is InChI=1S/C19H20BrN3O/c1-13-22-16-12-21-18(20)11-17(16)23(13)19(14-5-3-2-4-6-14)15-7-9-24-10-8-15/h2-6,11-12,15,19H,7-10H2,1H3. The van der Waals surface area contributed by atoms with Crippen LogP contribution in [0.4, 0.5) is 0 Å². The summed E-state index contributed by atoms with van der Waals surface area (Å²) in [6, 6.07) is 13.1. The summed E-state index contributed by atoms with van der Waals surface area (Å²) in [6.45, 7) is 3.76. The van der Waals surface area contributed by atoms with E-state index >= 15 is 0 Å². The van der Waals surface area contributed by atoms with E-state index in [4.69, 9.17) is 9.72 Å². The quantitative estimate of drug-likeness (QED) is 0.622. The molecule has 0 spiro atoms. The van der Waals surface area contributed by atoms with Crippen molar-refractivity contribution >= 4 is 27.0 Å². The summed E-state index contributed by atoms with van der Waals surface area (Å²) in [6.07, 6.45) is 3.99. The van der Waals surface area contributed by atoms with Gasteiger partial charge in [-0.15, -0.1) is 0 Å². The second kappa shape index (κ2) is 6.65. The predicted octanol–water partition coefficient (Wildman–Crippen LogP) is 4.52. The lowest BCUT2D eigenvalue weighted by Gasteiger charge is -2.33. The van der Waals surface area contributed by atoms with Crippen molar-refractivity contribution < 1.29 is 4.74 Å². The van der Waals surface area contributed by atoms with Crippen molar-refractivity contribution in [2.45, 2.75) is 25.8 Å². The van der Waals surface area contributed by atoms with Gasteiger partial charge in [0, 0.05) is 13.2 Å². The molecule has 0 saturated carbocycles. The average Bonchev–Trinajstić information content (AvgIpc) is 2.93. The lowest BCUT2D eigenvalue weighted by Crippen LogP contribution is -2.27. The van der Waals surface area contributed by atoms with Gasteiger partial charge in [-0.1, -0.05) is 30.3 Å². The summed E-state index contributed by atoms with van der Waals surface area (Å²) in [4.78, 5) is 9.07. The van der Waals surface area contributed by atoms with Crippen LogP contribution < -0.4 is 0 Å². The van der Waals surface area contributed by atoms with E-state index in [-0.39, 0.29) is 6.04 Å². The van der Waals surface area contributed by atoms with E-state index < -0.39 is 0 Å². The molecule has 0 amide bonds. The number of fused-ring (bicyclic) bond motifs is 1. The van der Waals surface area contributed by atoms with Crippen LogP contribution in [0.2, 0.25) is 0 Å². The number of rotatable bonds is 3. The van der Waals surface area contributed by atoms with Crippen molar-refractivity contribution in [2.75, 3.05) is 13.2 Å². The molecule has 3 heterocycles. The number of halogens is 1. The molecule has 0 aliphatic carbocycles. The van der Waals surface area contributed by atoms with E-state index in [1.54, 1.807) is 0 Å². The van der Waals surface area contributed by atoms with Gasteiger partial charge in [-0.2, -0.15) is 0 Å². The van der Waals surface area contributed by atoms with Crippen molar-refractivity contribution in [3.63, 3.8) is 0 Å². The van der Waals surface area contributed by atoms with Gasteiger partial charge in [-0.25, -0.2) is 9.97 Å². The molecular weight excluding hydrogens is 366 g/mol. The number of aromatic nitrogens is 3.